The van der Waals surface area contributed by atoms with E-state index in [0.717, 1.165) is 27.5 Å². The summed E-state index contributed by atoms with van der Waals surface area (Å²) in [5.41, 5.74) is 0.863. The summed E-state index contributed by atoms with van der Waals surface area (Å²) in [5.74, 6) is -3.25. The highest BCUT2D eigenvalue weighted by Gasteiger charge is 2.18. The quantitative estimate of drug-likeness (QED) is 0.445. The molecular weight excluding hydrogens is 474 g/mol. The fraction of sp³-hybridized carbons (Fsp3) is 0.318. The number of benzene rings is 2. The number of esters is 1. The number of rotatable bonds is 8. The van der Waals surface area contributed by atoms with Gasteiger partial charge in [-0.25, -0.2) is 17.2 Å². The first-order valence-electron chi connectivity index (χ1n) is 10.1. The van der Waals surface area contributed by atoms with E-state index in [1.165, 1.54) is 12.1 Å². The van der Waals surface area contributed by atoms with Crippen molar-refractivity contribution >= 4 is 43.3 Å². The van der Waals surface area contributed by atoms with Crippen LogP contribution < -0.4 is 4.80 Å². The monoisotopic (exact) mass is 496 g/mol. The van der Waals surface area contributed by atoms with Crippen LogP contribution in [0, 0.1) is 18.6 Å². The Hall–Kier alpha value is -2.92. The molecule has 0 saturated carbocycles. The predicted octanol–water partition coefficient (Wildman–Crippen LogP) is 3.53. The number of hydrogen-bond donors (Lipinski definition) is 0. The topological polar surface area (TPSA) is 94.8 Å². The van der Waals surface area contributed by atoms with Crippen LogP contribution in [0.4, 0.5) is 8.78 Å². The molecule has 0 spiro atoms. The van der Waals surface area contributed by atoms with Crippen molar-refractivity contribution in [3.63, 3.8) is 0 Å². The van der Waals surface area contributed by atoms with Gasteiger partial charge in [0.15, 0.2) is 20.5 Å². The van der Waals surface area contributed by atoms with E-state index >= 15 is 0 Å². The first-order valence-corrected chi connectivity index (χ1v) is 12.6. The molecular formula is C22H22F2N2O5S2. The second-order valence-electron chi connectivity index (χ2n) is 7.25. The smallest absolute Gasteiger partial charge is 0.326 e. The highest BCUT2D eigenvalue weighted by atomic mass is 32.2. The third-order valence-electron chi connectivity index (χ3n) is 4.69. The molecule has 0 radical (unpaired) electrons. The molecule has 2 aromatic carbocycles. The molecule has 3 aromatic rings. The zero-order valence-corrected chi connectivity index (χ0v) is 19.6. The molecule has 33 heavy (non-hydrogen) atoms. The minimum atomic E-state index is -3.56. The first-order chi connectivity index (χ1) is 15.6. The van der Waals surface area contributed by atoms with E-state index in [0.29, 0.717) is 6.07 Å². The third-order valence-corrected chi connectivity index (χ3v) is 7.53. The van der Waals surface area contributed by atoms with E-state index in [-0.39, 0.29) is 45.1 Å². The number of hydrogen-bond acceptors (Lipinski definition) is 6. The second-order valence-corrected chi connectivity index (χ2v) is 10.4. The molecule has 11 heteroatoms. The first kappa shape index (κ1) is 24.7. The molecule has 0 atom stereocenters. The summed E-state index contributed by atoms with van der Waals surface area (Å²) in [5, 5.41) is 0. The van der Waals surface area contributed by atoms with Gasteiger partial charge in [-0.05, 0) is 38.5 Å². The van der Waals surface area contributed by atoms with Crippen molar-refractivity contribution in [1.82, 2.24) is 4.57 Å². The summed E-state index contributed by atoms with van der Waals surface area (Å²) in [6, 6.07) is 8.18. The summed E-state index contributed by atoms with van der Waals surface area (Å²) in [6.45, 7) is 3.16. The zero-order chi connectivity index (χ0) is 24.2. The molecule has 0 unspecified atom stereocenters. The number of carbonyl (C=O) groups excluding carboxylic acids is 2. The fourth-order valence-corrected chi connectivity index (χ4v) is 5.53. The largest absolute Gasteiger partial charge is 0.465 e. The van der Waals surface area contributed by atoms with E-state index in [9.17, 15) is 26.8 Å². The van der Waals surface area contributed by atoms with E-state index < -0.39 is 39.9 Å². The fourth-order valence-electron chi connectivity index (χ4n) is 3.14. The van der Waals surface area contributed by atoms with Gasteiger partial charge in [0.1, 0.15) is 12.4 Å². The number of aryl methyl sites for hydroxylation is 1. The van der Waals surface area contributed by atoms with Crippen LogP contribution in [0.25, 0.3) is 10.2 Å². The number of carbonyl (C=O) groups is 2. The van der Waals surface area contributed by atoms with Gasteiger partial charge in [-0.2, -0.15) is 4.99 Å². The summed E-state index contributed by atoms with van der Waals surface area (Å²) in [4.78, 5) is 28.5. The second kappa shape index (κ2) is 10.3. The maximum atomic E-state index is 14.4. The Kier molecular flexibility index (Phi) is 7.75. The van der Waals surface area contributed by atoms with Crippen molar-refractivity contribution in [2.75, 3.05) is 12.4 Å². The van der Waals surface area contributed by atoms with Crippen molar-refractivity contribution in [3.8, 4) is 0 Å². The Morgan fingerprint density at radius 1 is 1.15 bits per heavy atom. The van der Waals surface area contributed by atoms with Gasteiger partial charge in [-0.1, -0.05) is 29.0 Å². The number of fused-ring (bicyclic) bond motifs is 1. The van der Waals surface area contributed by atoms with Crippen molar-refractivity contribution in [2.24, 2.45) is 4.99 Å². The number of thiazole rings is 1. The van der Waals surface area contributed by atoms with E-state index in [1.54, 1.807) is 19.1 Å². The van der Waals surface area contributed by atoms with Crippen LogP contribution in [0.2, 0.25) is 0 Å². The lowest BCUT2D eigenvalue weighted by Gasteiger charge is -2.06. The Morgan fingerprint density at radius 2 is 1.85 bits per heavy atom. The molecule has 3 rings (SSSR count). The van der Waals surface area contributed by atoms with Crippen LogP contribution in [0.3, 0.4) is 0 Å². The van der Waals surface area contributed by atoms with Gasteiger partial charge in [0, 0.05) is 12.5 Å². The Bertz CT molecular complexity index is 1360. The molecule has 0 bridgehead atoms. The molecule has 0 saturated heterocycles. The van der Waals surface area contributed by atoms with E-state index in [2.05, 4.69) is 4.99 Å². The standard InChI is InChI=1S/C22H22F2N2O5S2/c1-3-31-20(28)13-26-21-17(24)11-15(23)12-18(21)32-22(26)25-19(27)5-4-10-33(29,30)16-8-6-14(2)7-9-16/h6-9,11-12H,3-5,10,13H2,1-2H3. The van der Waals surface area contributed by atoms with Gasteiger partial charge in [0.2, 0.25) is 5.91 Å². The summed E-state index contributed by atoms with van der Waals surface area (Å²) in [6.07, 6.45) is -0.139. The number of ether oxygens (including phenoxy) is 1. The highest BCUT2D eigenvalue weighted by Crippen LogP contribution is 2.22. The summed E-state index contributed by atoms with van der Waals surface area (Å²) < 4.78 is 59.1. The Morgan fingerprint density at radius 3 is 2.52 bits per heavy atom. The Balaban J connectivity index is 1.82. The van der Waals surface area contributed by atoms with Crippen LogP contribution in [0.15, 0.2) is 46.3 Å². The SMILES string of the molecule is CCOC(=O)Cn1c(=NC(=O)CCCS(=O)(=O)c2ccc(C)cc2)sc2cc(F)cc(F)c21. The van der Waals surface area contributed by atoms with Crippen LogP contribution in [-0.4, -0.2) is 37.2 Å². The molecule has 0 aliphatic rings. The number of nitrogens with zero attached hydrogens (tertiary/aromatic N) is 2. The average Bonchev–Trinajstić information content (AvgIpc) is 3.05. The number of amides is 1. The molecule has 1 aromatic heterocycles. The maximum Gasteiger partial charge on any atom is 0.326 e. The Labute approximate surface area is 193 Å². The average molecular weight is 497 g/mol. The molecule has 176 valence electrons. The van der Waals surface area contributed by atoms with Crippen molar-refractivity contribution in [1.29, 1.82) is 0 Å². The minimum Gasteiger partial charge on any atom is -0.465 e. The van der Waals surface area contributed by atoms with Gasteiger partial charge in [0.05, 0.1) is 27.5 Å². The van der Waals surface area contributed by atoms with Gasteiger partial charge in [0.25, 0.3) is 0 Å². The molecule has 0 aliphatic heterocycles. The maximum absolute atomic E-state index is 14.4. The van der Waals surface area contributed by atoms with Gasteiger partial charge < -0.3 is 9.30 Å². The number of aromatic nitrogens is 1. The van der Waals surface area contributed by atoms with Gasteiger partial charge in [-0.3, -0.25) is 9.59 Å². The molecule has 1 amide bonds. The zero-order valence-electron chi connectivity index (χ0n) is 18.0. The lowest BCUT2D eigenvalue weighted by atomic mass is 10.2. The molecule has 0 fully saturated rings. The van der Waals surface area contributed by atoms with Crippen molar-refractivity contribution in [3.05, 3.63) is 58.4 Å². The van der Waals surface area contributed by atoms with Gasteiger partial charge in [-0.15, -0.1) is 0 Å². The lowest BCUT2D eigenvalue weighted by Crippen LogP contribution is -2.23. The van der Waals surface area contributed by atoms with Crippen LogP contribution in [0.5, 0.6) is 0 Å². The normalized spacial score (nSPS) is 12.3. The van der Waals surface area contributed by atoms with E-state index in [4.69, 9.17) is 4.74 Å². The van der Waals surface area contributed by atoms with Crippen LogP contribution in [0.1, 0.15) is 25.3 Å². The lowest BCUT2D eigenvalue weighted by molar-refractivity contribution is -0.143. The molecule has 1 heterocycles. The predicted molar refractivity (Wildman–Crippen MR) is 119 cm³/mol. The molecule has 0 aliphatic carbocycles. The highest BCUT2D eigenvalue weighted by molar-refractivity contribution is 7.91. The van der Waals surface area contributed by atoms with Crippen LogP contribution >= 0.6 is 11.3 Å². The molecule has 0 N–H and O–H groups in total. The van der Waals surface area contributed by atoms with Gasteiger partial charge >= 0.3 is 5.97 Å². The van der Waals surface area contributed by atoms with Crippen LogP contribution in [-0.2, 0) is 30.7 Å². The minimum absolute atomic E-state index is 0.00561. The number of sulfone groups is 1. The number of halogens is 2. The van der Waals surface area contributed by atoms with E-state index in [1.807, 2.05) is 6.92 Å². The third kappa shape index (κ3) is 6.11. The summed E-state index contributed by atoms with van der Waals surface area (Å²) in [7, 11) is -3.56. The van der Waals surface area contributed by atoms with Crippen molar-refractivity contribution in [2.45, 2.75) is 38.1 Å². The van der Waals surface area contributed by atoms with Crippen molar-refractivity contribution < 1.29 is 31.5 Å². The molecule has 7 nitrogen and oxygen atoms in total. The summed E-state index contributed by atoms with van der Waals surface area (Å²) >= 11 is 0.847.